The Bertz CT molecular complexity index is 632. The van der Waals surface area contributed by atoms with Gasteiger partial charge in [-0.15, -0.1) is 0 Å². The summed E-state index contributed by atoms with van der Waals surface area (Å²) >= 11 is 3.41. The van der Waals surface area contributed by atoms with Crippen LogP contribution < -0.4 is 5.32 Å². The van der Waals surface area contributed by atoms with Crippen LogP contribution in [0.5, 0.6) is 0 Å². The first-order valence-electron chi connectivity index (χ1n) is 6.27. The number of rotatable bonds is 4. The first-order valence-corrected chi connectivity index (χ1v) is 7.07. The number of hydrogen-bond donors (Lipinski definition) is 1. The maximum Gasteiger partial charge on any atom is 0.140 e. The minimum absolute atomic E-state index is 0.0839. The Morgan fingerprint density at radius 2 is 1.95 bits per heavy atom. The Morgan fingerprint density at radius 1 is 1.25 bits per heavy atom. The van der Waals surface area contributed by atoms with E-state index in [1.807, 2.05) is 30.3 Å². The summed E-state index contributed by atoms with van der Waals surface area (Å²) in [7, 11) is 0. The van der Waals surface area contributed by atoms with Crippen LogP contribution in [0, 0.1) is 17.1 Å². The maximum absolute atomic E-state index is 13.2. The van der Waals surface area contributed by atoms with Crippen molar-refractivity contribution in [2.75, 3.05) is 0 Å². The molecule has 0 unspecified atom stereocenters. The van der Waals surface area contributed by atoms with Crippen LogP contribution in [0.4, 0.5) is 4.39 Å². The van der Waals surface area contributed by atoms with E-state index in [4.69, 9.17) is 5.26 Å². The average Bonchev–Trinajstić information content (AvgIpc) is 2.46. The summed E-state index contributed by atoms with van der Waals surface area (Å²) in [5, 5.41) is 12.2. The van der Waals surface area contributed by atoms with Crippen LogP contribution in [0.1, 0.15) is 29.7 Å². The zero-order valence-corrected chi connectivity index (χ0v) is 12.6. The minimum Gasteiger partial charge on any atom is -0.306 e. The lowest BCUT2D eigenvalue weighted by Crippen LogP contribution is -2.18. The molecule has 0 radical (unpaired) electrons. The summed E-state index contributed by atoms with van der Waals surface area (Å²) in [4.78, 5) is 0. The van der Waals surface area contributed by atoms with Gasteiger partial charge in [-0.25, -0.2) is 4.39 Å². The molecule has 2 aromatic rings. The number of nitrogens with zero attached hydrogens (tertiary/aromatic N) is 1. The standard InChI is InChI=1S/C16H14BrFN2/c1-11(13-3-5-15(17)6-4-13)20-10-12-2-7-16(18)14(8-12)9-19/h2-8,11,20H,10H2,1H3/t11-/m1/s1. The number of hydrogen-bond acceptors (Lipinski definition) is 2. The van der Waals surface area contributed by atoms with Crippen LogP contribution in [0.25, 0.3) is 0 Å². The second-order valence-corrected chi connectivity index (χ2v) is 5.50. The fourth-order valence-corrected chi connectivity index (χ4v) is 2.17. The lowest BCUT2D eigenvalue weighted by atomic mass is 10.1. The van der Waals surface area contributed by atoms with Crippen molar-refractivity contribution in [1.29, 1.82) is 5.26 Å². The second-order valence-electron chi connectivity index (χ2n) is 4.58. The van der Waals surface area contributed by atoms with Gasteiger partial charge in [0.15, 0.2) is 0 Å². The van der Waals surface area contributed by atoms with Crippen molar-refractivity contribution in [2.24, 2.45) is 0 Å². The van der Waals surface area contributed by atoms with E-state index in [2.05, 4.69) is 28.2 Å². The normalized spacial score (nSPS) is 11.9. The highest BCUT2D eigenvalue weighted by molar-refractivity contribution is 9.10. The van der Waals surface area contributed by atoms with Crippen molar-refractivity contribution in [3.8, 4) is 6.07 Å². The Morgan fingerprint density at radius 3 is 2.60 bits per heavy atom. The summed E-state index contributed by atoms with van der Waals surface area (Å²) in [6, 6.07) is 14.7. The number of halogens is 2. The minimum atomic E-state index is -0.475. The van der Waals surface area contributed by atoms with E-state index in [-0.39, 0.29) is 11.6 Å². The predicted molar refractivity (Wildman–Crippen MR) is 80.5 cm³/mol. The number of nitrogens with one attached hydrogen (secondary N) is 1. The molecule has 0 heterocycles. The zero-order valence-electron chi connectivity index (χ0n) is 11.0. The molecule has 1 N–H and O–H groups in total. The van der Waals surface area contributed by atoms with Crippen LogP contribution in [0.15, 0.2) is 46.9 Å². The molecule has 1 atom stereocenters. The van der Waals surface area contributed by atoms with E-state index < -0.39 is 5.82 Å². The smallest absolute Gasteiger partial charge is 0.140 e. The molecule has 0 aliphatic carbocycles. The second kappa shape index (κ2) is 6.65. The van der Waals surface area contributed by atoms with Gasteiger partial charge in [0.1, 0.15) is 11.9 Å². The SMILES string of the molecule is C[C@@H](NCc1ccc(F)c(C#N)c1)c1ccc(Br)cc1. The molecular weight excluding hydrogens is 319 g/mol. The van der Waals surface area contributed by atoms with Gasteiger partial charge in [-0.05, 0) is 42.3 Å². The van der Waals surface area contributed by atoms with Gasteiger partial charge in [-0.1, -0.05) is 34.1 Å². The molecule has 0 fully saturated rings. The first kappa shape index (κ1) is 14.7. The topological polar surface area (TPSA) is 35.8 Å². The largest absolute Gasteiger partial charge is 0.306 e. The molecule has 20 heavy (non-hydrogen) atoms. The lowest BCUT2D eigenvalue weighted by molar-refractivity contribution is 0.572. The molecular formula is C16H14BrFN2. The van der Waals surface area contributed by atoms with Gasteiger partial charge in [0.2, 0.25) is 0 Å². The summed E-state index contributed by atoms with van der Waals surface area (Å²) < 4.78 is 14.3. The van der Waals surface area contributed by atoms with Crippen LogP contribution >= 0.6 is 15.9 Å². The van der Waals surface area contributed by atoms with Crippen molar-refractivity contribution in [3.05, 3.63) is 69.4 Å². The van der Waals surface area contributed by atoms with E-state index in [0.29, 0.717) is 6.54 Å². The monoisotopic (exact) mass is 332 g/mol. The molecule has 0 aliphatic rings. The van der Waals surface area contributed by atoms with E-state index in [9.17, 15) is 4.39 Å². The van der Waals surface area contributed by atoms with Crippen LogP contribution in [0.2, 0.25) is 0 Å². The highest BCUT2D eigenvalue weighted by Crippen LogP contribution is 2.17. The molecule has 0 saturated heterocycles. The summed E-state index contributed by atoms with van der Waals surface area (Å²) in [6.45, 7) is 2.66. The molecule has 4 heteroatoms. The summed E-state index contributed by atoms with van der Waals surface area (Å²) in [6.07, 6.45) is 0. The van der Waals surface area contributed by atoms with Gasteiger partial charge in [0, 0.05) is 17.1 Å². The van der Waals surface area contributed by atoms with Gasteiger partial charge in [0.05, 0.1) is 5.56 Å². The van der Waals surface area contributed by atoms with Gasteiger partial charge in [0.25, 0.3) is 0 Å². The van der Waals surface area contributed by atoms with Gasteiger partial charge in [-0.2, -0.15) is 5.26 Å². The molecule has 102 valence electrons. The lowest BCUT2D eigenvalue weighted by Gasteiger charge is -2.14. The molecule has 0 aliphatic heterocycles. The van der Waals surface area contributed by atoms with Crippen molar-refractivity contribution < 1.29 is 4.39 Å². The van der Waals surface area contributed by atoms with Crippen molar-refractivity contribution in [1.82, 2.24) is 5.32 Å². The van der Waals surface area contributed by atoms with Gasteiger partial charge < -0.3 is 5.32 Å². The highest BCUT2D eigenvalue weighted by atomic mass is 79.9. The number of benzene rings is 2. The van der Waals surface area contributed by atoms with Crippen molar-refractivity contribution in [2.45, 2.75) is 19.5 Å². The molecule has 0 amide bonds. The molecule has 0 spiro atoms. The fourth-order valence-electron chi connectivity index (χ4n) is 1.91. The van der Waals surface area contributed by atoms with Gasteiger partial charge >= 0.3 is 0 Å². The van der Waals surface area contributed by atoms with Crippen LogP contribution in [0.3, 0.4) is 0 Å². The summed E-state index contributed by atoms with van der Waals surface area (Å²) in [5.74, 6) is -0.475. The van der Waals surface area contributed by atoms with Crippen LogP contribution in [-0.4, -0.2) is 0 Å². The quantitative estimate of drug-likeness (QED) is 0.905. The predicted octanol–water partition coefficient (Wildman–Crippen LogP) is 4.31. The average molecular weight is 333 g/mol. The number of nitriles is 1. The molecule has 0 saturated carbocycles. The molecule has 0 aromatic heterocycles. The van der Waals surface area contributed by atoms with E-state index in [1.165, 1.54) is 11.6 Å². The van der Waals surface area contributed by atoms with Crippen LogP contribution in [-0.2, 0) is 6.54 Å². The third kappa shape index (κ3) is 3.66. The fraction of sp³-hybridized carbons (Fsp3) is 0.188. The maximum atomic E-state index is 13.2. The Balaban J connectivity index is 2.01. The Hall–Kier alpha value is -1.70. The van der Waals surface area contributed by atoms with E-state index in [1.54, 1.807) is 12.1 Å². The Kier molecular flexibility index (Phi) is 4.89. The third-order valence-electron chi connectivity index (χ3n) is 3.13. The Labute approximate surface area is 126 Å². The third-order valence-corrected chi connectivity index (χ3v) is 3.66. The molecule has 2 nitrogen and oxygen atoms in total. The van der Waals surface area contributed by atoms with Crippen molar-refractivity contribution in [3.63, 3.8) is 0 Å². The molecule has 2 rings (SSSR count). The highest BCUT2D eigenvalue weighted by Gasteiger charge is 2.06. The molecule has 0 bridgehead atoms. The summed E-state index contributed by atoms with van der Waals surface area (Å²) in [5.41, 5.74) is 2.16. The van der Waals surface area contributed by atoms with E-state index >= 15 is 0 Å². The van der Waals surface area contributed by atoms with Crippen molar-refractivity contribution >= 4 is 15.9 Å². The molecule has 2 aromatic carbocycles. The first-order chi connectivity index (χ1) is 9.60. The zero-order chi connectivity index (χ0) is 14.5. The van der Waals surface area contributed by atoms with Gasteiger partial charge in [-0.3, -0.25) is 0 Å². The van der Waals surface area contributed by atoms with E-state index in [0.717, 1.165) is 10.0 Å².